The summed E-state index contributed by atoms with van der Waals surface area (Å²) in [5, 5.41) is 12.9. The Bertz CT molecular complexity index is 181. The molecular weight excluding hydrogens is 162 g/mol. The number of rotatable bonds is 3. The lowest BCUT2D eigenvalue weighted by Gasteiger charge is -2.27. The minimum Gasteiger partial charge on any atom is -0.392 e. The molecule has 2 aliphatic rings. The number of nitrogens with one attached hydrogen (secondary N) is 1. The summed E-state index contributed by atoms with van der Waals surface area (Å²) >= 11 is 0. The van der Waals surface area contributed by atoms with E-state index in [1.54, 1.807) is 0 Å². The van der Waals surface area contributed by atoms with E-state index in [2.05, 4.69) is 12.2 Å². The molecule has 2 saturated carbocycles. The van der Waals surface area contributed by atoms with Crippen LogP contribution >= 0.6 is 0 Å². The molecule has 0 amide bonds. The van der Waals surface area contributed by atoms with Crippen molar-refractivity contribution in [2.75, 3.05) is 0 Å². The van der Waals surface area contributed by atoms with E-state index in [0.717, 1.165) is 11.8 Å². The lowest BCUT2D eigenvalue weighted by Crippen LogP contribution is -2.44. The van der Waals surface area contributed by atoms with Crippen LogP contribution in [0.15, 0.2) is 0 Å². The molecule has 0 aliphatic heterocycles. The zero-order chi connectivity index (χ0) is 9.42. The fourth-order valence-electron chi connectivity index (χ4n) is 2.59. The predicted molar refractivity (Wildman–Crippen MR) is 53.5 cm³/mol. The summed E-state index contributed by atoms with van der Waals surface area (Å²) in [5.74, 6) is 1.96. The first-order valence-electron chi connectivity index (χ1n) is 5.62. The zero-order valence-corrected chi connectivity index (χ0v) is 8.66. The number of fused-ring (bicyclic) bond motifs is 1. The Morgan fingerprint density at radius 2 is 2.08 bits per heavy atom. The lowest BCUT2D eigenvalue weighted by molar-refractivity contribution is 0.138. The van der Waals surface area contributed by atoms with E-state index in [0.29, 0.717) is 6.04 Å². The van der Waals surface area contributed by atoms with Crippen molar-refractivity contribution in [3.8, 4) is 0 Å². The highest BCUT2D eigenvalue weighted by Crippen LogP contribution is 2.49. The summed E-state index contributed by atoms with van der Waals surface area (Å²) in [7, 11) is 0. The van der Waals surface area contributed by atoms with Crippen LogP contribution in [0.2, 0.25) is 0 Å². The molecule has 76 valence electrons. The number of aliphatic hydroxyl groups excluding tert-OH is 1. The Balaban J connectivity index is 1.80. The summed E-state index contributed by atoms with van der Waals surface area (Å²) in [4.78, 5) is 0. The van der Waals surface area contributed by atoms with Gasteiger partial charge in [-0.2, -0.15) is 0 Å². The Morgan fingerprint density at radius 3 is 2.77 bits per heavy atom. The Labute approximate surface area is 80.7 Å². The molecule has 0 spiro atoms. The highest BCUT2D eigenvalue weighted by atomic mass is 16.3. The molecule has 0 heterocycles. The molecule has 13 heavy (non-hydrogen) atoms. The van der Waals surface area contributed by atoms with E-state index >= 15 is 0 Å². The van der Waals surface area contributed by atoms with E-state index in [9.17, 15) is 5.11 Å². The van der Waals surface area contributed by atoms with Crippen LogP contribution < -0.4 is 5.32 Å². The molecule has 0 aromatic rings. The molecule has 5 atom stereocenters. The van der Waals surface area contributed by atoms with Gasteiger partial charge < -0.3 is 10.4 Å². The van der Waals surface area contributed by atoms with Gasteiger partial charge in [0.25, 0.3) is 0 Å². The van der Waals surface area contributed by atoms with Crippen molar-refractivity contribution in [2.45, 2.75) is 57.7 Å². The SMILES string of the molecule is CC(O)C(C)NC1CCC[C@H]2C[C@@H]12. The average molecular weight is 183 g/mol. The largest absolute Gasteiger partial charge is 0.392 e. The third-order valence-corrected chi connectivity index (χ3v) is 3.78. The standard InChI is InChI=1S/C11H21NO/c1-7(8(2)13)12-11-5-3-4-9-6-10(9)11/h7-13H,3-6H2,1-2H3/t7?,8?,9-,10+,11?/m0/s1. The monoisotopic (exact) mass is 183 g/mol. The number of hydrogen-bond acceptors (Lipinski definition) is 2. The van der Waals surface area contributed by atoms with Gasteiger partial charge in [0.15, 0.2) is 0 Å². The molecule has 0 radical (unpaired) electrons. The molecular formula is C11H21NO. The van der Waals surface area contributed by atoms with Gasteiger partial charge >= 0.3 is 0 Å². The Kier molecular flexibility index (Phi) is 2.61. The Morgan fingerprint density at radius 1 is 1.31 bits per heavy atom. The highest BCUT2D eigenvalue weighted by molar-refractivity contribution is 4.99. The summed E-state index contributed by atoms with van der Waals surface area (Å²) in [6, 6.07) is 0.952. The van der Waals surface area contributed by atoms with Gasteiger partial charge in [0, 0.05) is 12.1 Å². The van der Waals surface area contributed by atoms with Gasteiger partial charge in [-0.25, -0.2) is 0 Å². The lowest BCUT2D eigenvalue weighted by atomic mass is 9.94. The van der Waals surface area contributed by atoms with Crippen molar-refractivity contribution >= 4 is 0 Å². The second kappa shape index (κ2) is 3.58. The summed E-state index contributed by atoms with van der Waals surface area (Å²) < 4.78 is 0. The fourth-order valence-corrected chi connectivity index (χ4v) is 2.59. The van der Waals surface area contributed by atoms with Crippen molar-refractivity contribution in [1.82, 2.24) is 5.32 Å². The molecule has 2 nitrogen and oxygen atoms in total. The third-order valence-electron chi connectivity index (χ3n) is 3.78. The van der Waals surface area contributed by atoms with Gasteiger partial charge in [-0.15, -0.1) is 0 Å². The van der Waals surface area contributed by atoms with Crippen molar-refractivity contribution in [1.29, 1.82) is 0 Å². The summed E-state index contributed by atoms with van der Waals surface area (Å²) in [5.41, 5.74) is 0. The quantitative estimate of drug-likeness (QED) is 0.695. The van der Waals surface area contributed by atoms with Crippen LogP contribution in [0.3, 0.4) is 0 Å². The smallest absolute Gasteiger partial charge is 0.0662 e. The van der Waals surface area contributed by atoms with Crippen molar-refractivity contribution in [3.05, 3.63) is 0 Å². The average Bonchev–Trinajstić information content (AvgIpc) is 2.83. The molecule has 2 N–H and O–H groups in total. The molecule has 0 bridgehead atoms. The molecule has 2 heteroatoms. The molecule has 0 aromatic carbocycles. The normalized spacial score (nSPS) is 42.2. The van der Waals surface area contributed by atoms with Crippen LogP contribution in [0.5, 0.6) is 0 Å². The summed E-state index contributed by atoms with van der Waals surface area (Å²) in [6.07, 6.45) is 5.36. The molecule has 0 saturated heterocycles. The molecule has 0 aromatic heterocycles. The molecule has 2 fully saturated rings. The fraction of sp³-hybridized carbons (Fsp3) is 1.00. The Hall–Kier alpha value is -0.0800. The van der Waals surface area contributed by atoms with E-state index in [1.807, 2.05) is 6.92 Å². The molecule has 3 unspecified atom stereocenters. The topological polar surface area (TPSA) is 32.3 Å². The van der Waals surface area contributed by atoms with Crippen LogP contribution in [0.25, 0.3) is 0 Å². The van der Waals surface area contributed by atoms with Crippen LogP contribution in [-0.4, -0.2) is 23.3 Å². The van der Waals surface area contributed by atoms with Crippen LogP contribution in [0, 0.1) is 11.8 Å². The highest BCUT2D eigenvalue weighted by Gasteiger charge is 2.45. The van der Waals surface area contributed by atoms with Crippen LogP contribution in [0.1, 0.15) is 39.5 Å². The van der Waals surface area contributed by atoms with Gasteiger partial charge in [-0.1, -0.05) is 12.8 Å². The second-order valence-electron chi connectivity index (χ2n) is 4.89. The van der Waals surface area contributed by atoms with E-state index in [-0.39, 0.29) is 12.1 Å². The minimum atomic E-state index is -0.223. The second-order valence-corrected chi connectivity index (χ2v) is 4.89. The zero-order valence-electron chi connectivity index (χ0n) is 8.66. The first kappa shape index (κ1) is 9.47. The maximum atomic E-state index is 9.39. The summed E-state index contributed by atoms with van der Waals surface area (Å²) in [6.45, 7) is 3.95. The van der Waals surface area contributed by atoms with Gasteiger partial charge in [0.2, 0.25) is 0 Å². The third kappa shape index (κ3) is 2.05. The minimum absolute atomic E-state index is 0.223. The number of aliphatic hydroxyl groups is 1. The van der Waals surface area contributed by atoms with E-state index in [1.165, 1.54) is 25.7 Å². The maximum absolute atomic E-state index is 9.39. The van der Waals surface area contributed by atoms with Crippen molar-refractivity contribution in [2.24, 2.45) is 11.8 Å². The van der Waals surface area contributed by atoms with Crippen LogP contribution in [-0.2, 0) is 0 Å². The van der Waals surface area contributed by atoms with Crippen molar-refractivity contribution in [3.63, 3.8) is 0 Å². The van der Waals surface area contributed by atoms with Gasteiger partial charge in [-0.05, 0) is 38.5 Å². The van der Waals surface area contributed by atoms with Crippen LogP contribution in [0.4, 0.5) is 0 Å². The van der Waals surface area contributed by atoms with E-state index in [4.69, 9.17) is 0 Å². The van der Waals surface area contributed by atoms with Gasteiger partial charge in [0.05, 0.1) is 6.10 Å². The first-order chi connectivity index (χ1) is 6.18. The predicted octanol–water partition coefficient (Wildman–Crippen LogP) is 1.53. The van der Waals surface area contributed by atoms with Gasteiger partial charge in [-0.3, -0.25) is 0 Å². The molecule has 2 rings (SSSR count). The van der Waals surface area contributed by atoms with Crippen molar-refractivity contribution < 1.29 is 5.11 Å². The number of hydrogen-bond donors (Lipinski definition) is 2. The first-order valence-corrected chi connectivity index (χ1v) is 5.62. The molecule has 2 aliphatic carbocycles. The van der Waals surface area contributed by atoms with E-state index < -0.39 is 0 Å². The maximum Gasteiger partial charge on any atom is 0.0662 e. The van der Waals surface area contributed by atoms with Gasteiger partial charge in [0.1, 0.15) is 0 Å².